The van der Waals surface area contributed by atoms with Crippen molar-refractivity contribution >= 4 is 17.9 Å². The maximum absolute atomic E-state index is 13.2. The summed E-state index contributed by atoms with van der Waals surface area (Å²) in [6.45, 7) is 1.60. The third-order valence-corrected chi connectivity index (χ3v) is 4.71. The van der Waals surface area contributed by atoms with E-state index in [1.807, 2.05) is 4.90 Å². The summed E-state index contributed by atoms with van der Waals surface area (Å²) in [4.78, 5) is 37.9. The number of piperazine rings is 1. The molecule has 12 heteroatoms. The van der Waals surface area contributed by atoms with Crippen molar-refractivity contribution in [1.82, 2.24) is 19.6 Å². The molecule has 0 unspecified atom stereocenters. The van der Waals surface area contributed by atoms with Crippen LogP contribution in [0.2, 0.25) is 0 Å². The number of hydrogen-bond donors (Lipinski definition) is 2. The Morgan fingerprint density at radius 2 is 1.77 bits per heavy atom. The molecule has 2 aromatic rings. The maximum atomic E-state index is 13.2. The molecule has 0 radical (unpaired) electrons. The molecule has 1 aliphatic heterocycles. The largest absolute Gasteiger partial charge is 0.476 e. The van der Waals surface area contributed by atoms with Crippen molar-refractivity contribution in [3.8, 4) is 0 Å². The summed E-state index contributed by atoms with van der Waals surface area (Å²) in [6.07, 6.45) is -3.44. The van der Waals surface area contributed by atoms with E-state index in [0.29, 0.717) is 31.7 Å². The van der Waals surface area contributed by atoms with Crippen molar-refractivity contribution in [1.29, 1.82) is 0 Å². The first-order chi connectivity index (χ1) is 14.1. The number of carbonyl (C=O) groups excluding carboxylic acids is 2. The average Bonchev–Trinajstić information content (AvgIpc) is 3.18. The van der Waals surface area contributed by atoms with Crippen LogP contribution in [0.1, 0.15) is 32.0 Å². The molecule has 0 bridgehead atoms. The molecular weight excluding hydrogens is 407 g/mol. The number of rotatable bonds is 4. The highest BCUT2D eigenvalue weighted by Gasteiger charge is 2.35. The molecule has 30 heavy (non-hydrogen) atoms. The van der Waals surface area contributed by atoms with E-state index in [4.69, 9.17) is 10.8 Å². The van der Waals surface area contributed by atoms with Crippen LogP contribution < -0.4 is 5.73 Å². The second-order valence-corrected chi connectivity index (χ2v) is 6.74. The average molecular weight is 425 g/mol. The molecule has 0 spiro atoms. The molecule has 2 amide bonds. The second kappa shape index (κ2) is 8.14. The van der Waals surface area contributed by atoms with Crippen LogP contribution in [0.15, 0.2) is 30.5 Å². The van der Waals surface area contributed by atoms with E-state index in [0.717, 1.165) is 16.8 Å². The van der Waals surface area contributed by atoms with Gasteiger partial charge in [-0.2, -0.15) is 23.0 Å². The number of nitrogens with zero attached hydrogens (tertiary/aromatic N) is 4. The van der Waals surface area contributed by atoms with E-state index in [-0.39, 0.29) is 12.2 Å². The zero-order valence-corrected chi connectivity index (χ0v) is 15.6. The smallest absolute Gasteiger partial charge is 0.417 e. The molecule has 1 saturated heterocycles. The lowest BCUT2D eigenvalue weighted by Crippen LogP contribution is -2.49. The number of nitrogens with two attached hydrogens (primary N) is 1. The number of hydrogen-bond acceptors (Lipinski definition) is 5. The monoisotopic (exact) mass is 425 g/mol. The van der Waals surface area contributed by atoms with Crippen LogP contribution in [0.25, 0.3) is 0 Å². The number of carboxylic acid groups (broad SMARTS) is 1. The van der Waals surface area contributed by atoms with E-state index in [1.165, 1.54) is 23.2 Å². The summed E-state index contributed by atoms with van der Waals surface area (Å²) in [5.41, 5.74) is 3.49. The fraction of sp³-hybridized carbons (Fsp3) is 0.333. The summed E-state index contributed by atoms with van der Waals surface area (Å²) >= 11 is 0. The molecule has 2 heterocycles. The van der Waals surface area contributed by atoms with Gasteiger partial charge in [0.05, 0.1) is 11.1 Å². The van der Waals surface area contributed by atoms with Crippen molar-refractivity contribution in [2.45, 2.75) is 12.7 Å². The van der Waals surface area contributed by atoms with Crippen LogP contribution in [0.5, 0.6) is 0 Å². The molecule has 0 aliphatic carbocycles. The minimum Gasteiger partial charge on any atom is -0.476 e. The van der Waals surface area contributed by atoms with Gasteiger partial charge in [-0.3, -0.25) is 9.69 Å². The number of benzene rings is 1. The fourth-order valence-electron chi connectivity index (χ4n) is 3.18. The van der Waals surface area contributed by atoms with Gasteiger partial charge in [0.1, 0.15) is 0 Å². The van der Waals surface area contributed by atoms with Gasteiger partial charge < -0.3 is 15.7 Å². The lowest BCUT2D eigenvalue weighted by atomic mass is 10.0. The van der Waals surface area contributed by atoms with Crippen molar-refractivity contribution in [2.24, 2.45) is 5.73 Å². The molecule has 1 aromatic heterocycles. The highest BCUT2D eigenvalue weighted by Crippen LogP contribution is 2.33. The first-order valence-corrected chi connectivity index (χ1v) is 8.87. The summed E-state index contributed by atoms with van der Waals surface area (Å²) < 4.78 is 40.6. The Morgan fingerprint density at radius 1 is 1.10 bits per heavy atom. The van der Waals surface area contributed by atoms with Crippen LogP contribution in [-0.4, -0.2) is 68.8 Å². The van der Waals surface area contributed by atoms with Crippen LogP contribution in [0, 0.1) is 0 Å². The summed E-state index contributed by atoms with van der Waals surface area (Å²) in [6, 6.07) is 4.13. The Kier molecular flexibility index (Phi) is 5.78. The SMILES string of the molecule is NC(=O)c1ccc(CN2CCN(C(=O)n3ccc(C(=O)O)n3)CC2)cc1C(F)(F)F. The van der Waals surface area contributed by atoms with E-state index in [1.54, 1.807) is 0 Å². The predicted octanol–water partition coefficient (Wildman–Crippen LogP) is 1.48. The van der Waals surface area contributed by atoms with Crippen molar-refractivity contribution in [3.05, 3.63) is 52.8 Å². The van der Waals surface area contributed by atoms with Crippen LogP contribution in [-0.2, 0) is 12.7 Å². The standard InChI is InChI=1S/C18H18F3N5O4/c19-18(20,21)13-9-11(1-2-12(13)15(22)27)10-24-5-7-25(8-6-24)17(30)26-4-3-14(23-26)16(28)29/h1-4,9H,5-8,10H2,(H2,22,27)(H,28,29). The van der Waals surface area contributed by atoms with Gasteiger partial charge in [0.25, 0.3) is 0 Å². The third-order valence-electron chi connectivity index (χ3n) is 4.71. The molecule has 1 fully saturated rings. The third kappa shape index (κ3) is 4.59. The van der Waals surface area contributed by atoms with Gasteiger partial charge in [-0.1, -0.05) is 6.07 Å². The van der Waals surface area contributed by atoms with Gasteiger partial charge >= 0.3 is 18.2 Å². The molecule has 9 nitrogen and oxygen atoms in total. The van der Waals surface area contributed by atoms with E-state index in [9.17, 15) is 27.6 Å². The first-order valence-electron chi connectivity index (χ1n) is 8.87. The molecule has 0 saturated carbocycles. The van der Waals surface area contributed by atoms with Crippen molar-refractivity contribution in [2.75, 3.05) is 26.2 Å². The van der Waals surface area contributed by atoms with Gasteiger partial charge in [-0.05, 0) is 23.8 Å². The van der Waals surface area contributed by atoms with Crippen LogP contribution in [0.4, 0.5) is 18.0 Å². The quantitative estimate of drug-likeness (QED) is 0.765. The summed E-state index contributed by atoms with van der Waals surface area (Å²) in [5.74, 6) is -2.39. The molecule has 3 rings (SSSR count). The van der Waals surface area contributed by atoms with Gasteiger partial charge in [-0.15, -0.1) is 0 Å². The lowest BCUT2D eigenvalue weighted by molar-refractivity contribution is -0.138. The van der Waals surface area contributed by atoms with Crippen molar-refractivity contribution < 1.29 is 32.7 Å². The zero-order chi connectivity index (χ0) is 22.1. The number of aromatic nitrogens is 2. The molecule has 160 valence electrons. The van der Waals surface area contributed by atoms with Gasteiger partial charge in [-0.25, -0.2) is 9.59 Å². The van der Waals surface area contributed by atoms with Gasteiger partial charge in [0.2, 0.25) is 5.91 Å². The van der Waals surface area contributed by atoms with Crippen LogP contribution >= 0.6 is 0 Å². The lowest BCUT2D eigenvalue weighted by Gasteiger charge is -2.34. The minimum absolute atomic E-state index is 0.203. The van der Waals surface area contributed by atoms with Gasteiger partial charge in [0, 0.05) is 38.9 Å². The van der Waals surface area contributed by atoms with Crippen molar-refractivity contribution in [3.63, 3.8) is 0 Å². The summed E-state index contributed by atoms with van der Waals surface area (Å²) in [5, 5.41) is 12.6. The Labute approximate surface area is 168 Å². The normalized spacial score (nSPS) is 15.2. The predicted molar refractivity (Wildman–Crippen MR) is 96.8 cm³/mol. The highest BCUT2D eigenvalue weighted by molar-refractivity contribution is 5.94. The molecule has 1 aromatic carbocycles. The number of alkyl halides is 3. The maximum Gasteiger partial charge on any atom is 0.417 e. The zero-order valence-electron chi connectivity index (χ0n) is 15.6. The number of amides is 2. The fourth-order valence-corrected chi connectivity index (χ4v) is 3.18. The Bertz CT molecular complexity index is 980. The minimum atomic E-state index is -4.70. The van der Waals surface area contributed by atoms with E-state index in [2.05, 4.69) is 5.10 Å². The number of carboxylic acids is 1. The number of halogens is 3. The topological polar surface area (TPSA) is 122 Å². The first kappa shape index (κ1) is 21.3. The molecule has 1 aliphatic rings. The Morgan fingerprint density at radius 3 is 2.30 bits per heavy atom. The molecule has 0 atom stereocenters. The second-order valence-electron chi connectivity index (χ2n) is 6.74. The Balaban J connectivity index is 1.63. The number of carbonyl (C=O) groups is 3. The summed E-state index contributed by atoms with van der Waals surface area (Å²) in [7, 11) is 0. The highest BCUT2D eigenvalue weighted by atomic mass is 19.4. The Hall–Kier alpha value is -3.41. The number of primary amides is 1. The van der Waals surface area contributed by atoms with E-state index >= 15 is 0 Å². The molecule has 3 N–H and O–H groups in total. The molecular formula is C18H18F3N5O4. The number of aromatic carboxylic acids is 1. The van der Waals surface area contributed by atoms with Gasteiger partial charge in [0.15, 0.2) is 5.69 Å². The van der Waals surface area contributed by atoms with Crippen LogP contribution in [0.3, 0.4) is 0 Å². The van der Waals surface area contributed by atoms with E-state index < -0.39 is 35.2 Å².